The number of anilines is 1. The number of para-hydroxylation sites is 1. The Bertz CT molecular complexity index is 1180. The van der Waals surface area contributed by atoms with Gasteiger partial charge in [-0.2, -0.15) is 0 Å². The molecule has 1 atom stereocenters. The number of hydrogen-bond acceptors (Lipinski definition) is 7. The van der Waals surface area contributed by atoms with E-state index < -0.39 is 11.8 Å². The van der Waals surface area contributed by atoms with Crippen molar-refractivity contribution in [2.24, 2.45) is 0 Å². The summed E-state index contributed by atoms with van der Waals surface area (Å²) in [6, 6.07) is 7.80. The van der Waals surface area contributed by atoms with E-state index in [1.54, 1.807) is 0 Å². The topological polar surface area (TPSA) is 101 Å². The minimum absolute atomic E-state index is 0.249. The number of allylic oxidation sites excluding steroid dienone is 1. The summed E-state index contributed by atoms with van der Waals surface area (Å²) in [5.41, 5.74) is 7.65. The number of aromatic nitrogens is 3. The number of benzene rings is 1. The number of carbonyl (C=O) groups is 1. The second kappa shape index (κ2) is 10.4. The minimum atomic E-state index is -0.865. The number of nitrogens with zero attached hydrogens (tertiary/aromatic N) is 3. The summed E-state index contributed by atoms with van der Waals surface area (Å²) in [4.78, 5) is 21.9. The van der Waals surface area contributed by atoms with Crippen LogP contribution in [0.1, 0.15) is 58.7 Å². The van der Waals surface area contributed by atoms with Crippen LogP contribution in [0.15, 0.2) is 36.4 Å². The summed E-state index contributed by atoms with van der Waals surface area (Å²) in [5, 5.41) is 0.931. The molecule has 3 aromatic rings. The van der Waals surface area contributed by atoms with Crippen molar-refractivity contribution in [3.8, 4) is 0 Å². The highest BCUT2D eigenvalue weighted by molar-refractivity contribution is 6.06. The van der Waals surface area contributed by atoms with Crippen molar-refractivity contribution >= 4 is 33.9 Å². The fourth-order valence-corrected chi connectivity index (χ4v) is 4.39. The Morgan fingerprint density at radius 1 is 1.21 bits per heavy atom. The number of hydrogen-bond donors (Lipinski definition) is 1. The van der Waals surface area contributed by atoms with Crippen molar-refractivity contribution in [3.05, 3.63) is 42.2 Å². The zero-order valence-electron chi connectivity index (χ0n) is 20.3. The van der Waals surface area contributed by atoms with E-state index in [2.05, 4.69) is 11.1 Å². The van der Waals surface area contributed by atoms with Crippen LogP contribution in [0.5, 0.6) is 0 Å². The van der Waals surface area contributed by atoms with Gasteiger partial charge in [-0.15, -0.1) is 0 Å². The number of nitrogen functional groups attached to an aromatic ring is 1. The number of rotatable bonds is 7. The van der Waals surface area contributed by atoms with Gasteiger partial charge < -0.3 is 24.5 Å². The van der Waals surface area contributed by atoms with Crippen LogP contribution >= 0.6 is 0 Å². The lowest BCUT2D eigenvalue weighted by Crippen LogP contribution is -2.35. The summed E-state index contributed by atoms with van der Waals surface area (Å²) in [5.74, 6) is 1.06. The Balaban J connectivity index is 1.62. The molecule has 0 saturated carbocycles. The zero-order valence-corrected chi connectivity index (χ0v) is 20.3. The molecular formula is C26H34N4O4. The Morgan fingerprint density at radius 3 is 2.85 bits per heavy atom. The fraction of sp³-hybridized carbons (Fsp3) is 0.500. The second-order valence-electron chi connectivity index (χ2n) is 9.30. The number of imidazole rings is 1. The van der Waals surface area contributed by atoms with Gasteiger partial charge in [0.2, 0.25) is 0 Å². The lowest BCUT2D eigenvalue weighted by atomic mass is 10.0. The van der Waals surface area contributed by atoms with Crippen LogP contribution in [0, 0.1) is 0 Å². The maximum Gasteiger partial charge on any atom is 0.509 e. The van der Waals surface area contributed by atoms with Crippen molar-refractivity contribution < 1.29 is 19.0 Å². The molecule has 1 aliphatic rings. The lowest BCUT2D eigenvalue weighted by molar-refractivity contribution is -0.0355. The highest BCUT2D eigenvalue weighted by Crippen LogP contribution is 2.31. The van der Waals surface area contributed by atoms with Gasteiger partial charge in [0.1, 0.15) is 29.7 Å². The molecule has 4 rings (SSSR count). The van der Waals surface area contributed by atoms with E-state index in [0.29, 0.717) is 36.9 Å². The molecule has 0 saturated heterocycles. The van der Waals surface area contributed by atoms with Crippen LogP contribution < -0.4 is 5.73 Å². The predicted molar refractivity (Wildman–Crippen MR) is 132 cm³/mol. The van der Waals surface area contributed by atoms with E-state index in [4.69, 9.17) is 24.9 Å². The third-order valence-electron chi connectivity index (χ3n) is 5.98. The highest BCUT2D eigenvalue weighted by Gasteiger charge is 2.29. The Morgan fingerprint density at radius 2 is 2.03 bits per heavy atom. The molecule has 0 amide bonds. The Hall–Kier alpha value is -3.13. The standard InChI is InChI=1S/C26H34N4O4/c1-4-32-16-21-29-22-23(19-14-10-11-15-20(19)28-24(22)27)30(21)17-26(2,3)34-25(31)33-18-12-8-6-5-7-9-13-18/h8,10-12,14-15,18H,4-7,9,13,16-17H2,1-3H3,(H2,27,28)/b12-8+. The van der Waals surface area contributed by atoms with E-state index >= 15 is 0 Å². The zero-order chi connectivity index (χ0) is 24.1. The highest BCUT2D eigenvalue weighted by atomic mass is 16.7. The summed E-state index contributed by atoms with van der Waals surface area (Å²) in [7, 11) is 0. The molecule has 34 heavy (non-hydrogen) atoms. The van der Waals surface area contributed by atoms with E-state index in [0.717, 1.165) is 42.1 Å². The fourth-order valence-electron chi connectivity index (χ4n) is 4.39. The monoisotopic (exact) mass is 466 g/mol. The third-order valence-corrected chi connectivity index (χ3v) is 5.98. The Kier molecular flexibility index (Phi) is 7.36. The van der Waals surface area contributed by atoms with E-state index in [1.165, 1.54) is 6.42 Å². The number of ether oxygens (including phenoxy) is 3. The average molecular weight is 467 g/mol. The van der Waals surface area contributed by atoms with Gasteiger partial charge in [0, 0.05) is 12.0 Å². The Labute approximate surface area is 200 Å². The SMILES string of the molecule is CCOCc1nc2c(N)nc3ccccc3c2n1CC(C)(C)OC(=O)OC1/C=C/CCCCC1. The van der Waals surface area contributed by atoms with Crippen molar-refractivity contribution in [1.82, 2.24) is 14.5 Å². The van der Waals surface area contributed by atoms with E-state index in [1.807, 2.05) is 55.7 Å². The van der Waals surface area contributed by atoms with Crippen molar-refractivity contribution in [1.29, 1.82) is 0 Å². The van der Waals surface area contributed by atoms with Crippen molar-refractivity contribution in [3.63, 3.8) is 0 Å². The van der Waals surface area contributed by atoms with Gasteiger partial charge in [-0.1, -0.05) is 30.7 Å². The molecule has 1 unspecified atom stereocenters. The van der Waals surface area contributed by atoms with Gasteiger partial charge >= 0.3 is 6.16 Å². The maximum atomic E-state index is 12.7. The molecule has 182 valence electrons. The maximum absolute atomic E-state index is 12.7. The number of fused-ring (bicyclic) bond motifs is 3. The van der Waals surface area contributed by atoms with Gasteiger partial charge in [-0.05, 0) is 58.6 Å². The molecule has 0 spiro atoms. The molecule has 8 nitrogen and oxygen atoms in total. The van der Waals surface area contributed by atoms with Gasteiger partial charge in [-0.25, -0.2) is 14.8 Å². The summed E-state index contributed by atoms with van der Waals surface area (Å²) < 4.78 is 19.1. The minimum Gasteiger partial charge on any atom is -0.427 e. The van der Waals surface area contributed by atoms with Crippen molar-refractivity contribution in [2.75, 3.05) is 12.3 Å². The summed E-state index contributed by atoms with van der Waals surface area (Å²) in [6.07, 6.45) is 8.34. The smallest absolute Gasteiger partial charge is 0.427 e. The first-order valence-corrected chi connectivity index (χ1v) is 12.1. The van der Waals surface area contributed by atoms with Crippen LogP contribution in [-0.4, -0.2) is 39.0 Å². The normalized spacial score (nSPS) is 17.9. The predicted octanol–water partition coefficient (Wildman–Crippen LogP) is 5.52. The van der Waals surface area contributed by atoms with Gasteiger partial charge in [-0.3, -0.25) is 0 Å². The lowest BCUT2D eigenvalue weighted by Gasteiger charge is -2.27. The molecular weight excluding hydrogens is 432 g/mol. The molecule has 0 radical (unpaired) electrons. The molecule has 2 heterocycles. The summed E-state index contributed by atoms with van der Waals surface area (Å²) in [6.45, 7) is 6.89. The summed E-state index contributed by atoms with van der Waals surface area (Å²) >= 11 is 0. The van der Waals surface area contributed by atoms with E-state index in [-0.39, 0.29) is 6.10 Å². The number of nitrogens with two attached hydrogens (primary N) is 1. The van der Waals surface area contributed by atoms with Crippen LogP contribution in [0.2, 0.25) is 0 Å². The third kappa shape index (κ3) is 5.50. The van der Waals surface area contributed by atoms with Gasteiger partial charge in [0.15, 0.2) is 5.82 Å². The van der Waals surface area contributed by atoms with Crippen LogP contribution in [0.3, 0.4) is 0 Å². The quantitative estimate of drug-likeness (QED) is 0.361. The first-order chi connectivity index (χ1) is 16.4. The van der Waals surface area contributed by atoms with Crippen LogP contribution in [0.25, 0.3) is 21.9 Å². The van der Waals surface area contributed by atoms with E-state index in [9.17, 15) is 4.79 Å². The van der Waals surface area contributed by atoms with Crippen molar-refractivity contribution in [2.45, 2.75) is 77.7 Å². The molecule has 2 aromatic heterocycles. The molecule has 0 bridgehead atoms. The molecule has 0 fully saturated rings. The molecule has 1 aromatic carbocycles. The molecule has 8 heteroatoms. The average Bonchev–Trinajstić information content (AvgIpc) is 3.12. The first kappa shape index (κ1) is 24.0. The van der Waals surface area contributed by atoms with Crippen LogP contribution in [-0.2, 0) is 27.4 Å². The molecule has 0 aliphatic heterocycles. The number of carbonyl (C=O) groups excluding carboxylic acids is 1. The number of pyridine rings is 1. The second-order valence-corrected chi connectivity index (χ2v) is 9.30. The molecule has 2 N–H and O–H groups in total. The first-order valence-electron chi connectivity index (χ1n) is 12.1. The van der Waals surface area contributed by atoms with Gasteiger partial charge in [0.05, 0.1) is 17.6 Å². The molecule has 1 aliphatic carbocycles. The largest absolute Gasteiger partial charge is 0.509 e. The van der Waals surface area contributed by atoms with Gasteiger partial charge in [0.25, 0.3) is 0 Å². The van der Waals surface area contributed by atoms with Crippen LogP contribution in [0.4, 0.5) is 10.6 Å².